The molecule has 1 amide bonds. The summed E-state index contributed by atoms with van der Waals surface area (Å²) in [5.74, 6) is 1.75. The number of hydrogen-bond acceptors (Lipinski definition) is 4. The van der Waals surface area contributed by atoms with Crippen LogP contribution in [0.4, 0.5) is 0 Å². The van der Waals surface area contributed by atoms with Gasteiger partial charge in [-0.25, -0.2) is 14.6 Å². The summed E-state index contributed by atoms with van der Waals surface area (Å²) in [6, 6.07) is 7.52. The smallest absolute Gasteiger partial charge is 0.251 e. The van der Waals surface area contributed by atoms with E-state index in [1.165, 1.54) is 0 Å². The van der Waals surface area contributed by atoms with Crippen LogP contribution in [0.1, 0.15) is 56.0 Å². The minimum atomic E-state index is -0.152. The molecule has 0 spiro atoms. The van der Waals surface area contributed by atoms with Gasteiger partial charge in [-0.2, -0.15) is 5.10 Å². The van der Waals surface area contributed by atoms with Gasteiger partial charge >= 0.3 is 0 Å². The first-order chi connectivity index (χ1) is 12.9. The van der Waals surface area contributed by atoms with E-state index in [1.807, 2.05) is 46.8 Å². The second kappa shape index (κ2) is 7.73. The highest BCUT2D eigenvalue weighted by Crippen LogP contribution is 2.22. The molecule has 1 N–H and O–H groups in total. The zero-order valence-electron chi connectivity index (χ0n) is 16.4. The maximum Gasteiger partial charge on any atom is 0.251 e. The molecule has 1 atom stereocenters. The second-order valence-corrected chi connectivity index (χ2v) is 7.29. The zero-order chi connectivity index (χ0) is 19.6. The van der Waals surface area contributed by atoms with Gasteiger partial charge in [0.15, 0.2) is 5.82 Å². The first-order valence-electron chi connectivity index (χ1n) is 9.16. The van der Waals surface area contributed by atoms with Gasteiger partial charge in [-0.3, -0.25) is 4.79 Å². The third kappa shape index (κ3) is 3.92. The van der Waals surface area contributed by atoms with E-state index in [9.17, 15) is 4.79 Å². The summed E-state index contributed by atoms with van der Waals surface area (Å²) in [4.78, 5) is 21.5. The largest absolute Gasteiger partial charge is 0.342 e. The standard InChI is InChI=1S/C20H26N6O/c1-13(2)17(19-21-10-11-25(19)5)24-20(27)16-8-6-15(7-9-16)18-22-12-23-26(18)14(3)4/h6-14,17H,1-5H3,(H,24,27). The third-order valence-electron chi connectivity index (χ3n) is 4.56. The number of amides is 1. The summed E-state index contributed by atoms with van der Waals surface area (Å²) >= 11 is 0. The van der Waals surface area contributed by atoms with E-state index in [2.05, 4.69) is 48.1 Å². The molecule has 0 fully saturated rings. The zero-order valence-corrected chi connectivity index (χ0v) is 16.4. The summed E-state index contributed by atoms with van der Waals surface area (Å²) in [6.45, 7) is 8.26. The van der Waals surface area contributed by atoms with Gasteiger partial charge in [0, 0.05) is 36.6 Å². The molecule has 0 saturated heterocycles. The summed E-state index contributed by atoms with van der Waals surface area (Å²) in [5, 5.41) is 7.37. The van der Waals surface area contributed by atoms with Crippen LogP contribution < -0.4 is 5.32 Å². The van der Waals surface area contributed by atoms with E-state index >= 15 is 0 Å². The van der Waals surface area contributed by atoms with Gasteiger partial charge < -0.3 is 9.88 Å². The Morgan fingerprint density at radius 1 is 1.07 bits per heavy atom. The minimum absolute atomic E-state index is 0.117. The topological polar surface area (TPSA) is 77.6 Å². The molecule has 0 saturated carbocycles. The number of aryl methyl sites for hydroxylation is 1. The Morgan fingerprint density at radius 2 is 1.78 bits per heavy atom. The molecule has 142 valence electrons. The van der Waals surface area contributed by atoms with E-state index in [-0.39, 0.29) is 23.9 Å². The fourth-order valence-corrected chi connectivity index (χ4v) is 3.04. The molecule has 1 unspecified atom stereocenters. The quantitative estimate of drug-likeness (QED) is 0.725. The van der Waals surface area contributed by atoms with Gasteiger partial charge in [0.05, 0.1) is 6.04 Å². The number of aromatic nitrogens is 5. The lowest BCUT2D eigenvalue weighted by atomic mass is 10.0. The normalized spacial score (nSPS) is 12.6. The molecular formula is C20H26N6O. The molecule has 0 bridgehead atoms. The monoisotopic (exact) mass is 366 g/mol. The number of nitrogens with one attached hydrogen (secondary N) is 1. The molecule has 0 aliphatic heterocycles. The Balaban J connectivity index is 1.79. The maximum atomic E-state index is 12.8. The molecule has 1 aromatic carbocycles. The van der Waals surface area contributed by atoms with Crippen molar-refractivity contribution in [3.63, 3.8) is 0 Å². The Labute approximate surface area is 159 Å². The predicted molar refractivity (Wildman–Crippen MR) is 104 cm³/mol. The highest BCUT2D eigenvalue weighted by atomic mass is 16.1. The second-order valence-electron chi connectivity index (χ2n) is 7.29. The predicted octanol–water partition coefficient (Wildman–Crippen LogP) is 3.39. The lowest BCUT2D eigenvalue weighted by Crippen LogP contribution is -2.33. The number of imidazole rings is 1. The minimum Gasteiger partial charge on any atom is -0.342 e. The molecule has 0 aliphatic carbocycles. The van der Waals surface area contributed by atoms with Gasteiger partial charge in [0.1, 0.15) is 12.2 Å². The molecular weight excluding hydrogens is 340 g/mol. The molecule has 27 heavy (non-hydrogen) atoms. The molecule has 2 aromatic heterocycles. The Morgan fingerprint density at radius 3 is 2.33 bits per heavy atom. The van der Waals surface area contributed by atoms with E-state index in [0.29, 0.717) is 5.56 Å². The van der Waals surface area contributed by atoms with Crippen LogP contribution in [-0.4, -0.2) is 30.2 Å². The molecule has 0 aliphatic rings. The first-order valence-corrected chi connectivity index (χ1v) is 9.16. The van der Waals surface area contributed by atoms with E-state index < -0.39 is 0 Å². The van der Waals surface area contributed by atoms with Crippen LogP contribution >= 0.6 is 0 Å². The summed E-state index contributed by atoms with van der Waals surface area (Å²) in [5.41, 5.74) is 1.54. The Kier molecular flexibility index (Phi) is 5.39. The van der Waals surface area contributed by atoms with E-state index in [4.69, 9.17) is 0 Å². The lowest BCUT2D eigenvalue weighted by Gasteiger charge is -2.22. The first kappa shape index (κ1) is 18.8. The number of hydrogen-bond donors (Lipinski definition) is 1. The van der Waals surface area contributed by atoms with Gasteiger partial charge in [0.2, 0.25) is 0 Å². The molecule has 2 heterocycles. The van der Waals surface area contributed by atoms with Crippen LogP contribution in [0.25, 0.3) is 11.4 Å². The van der Waals surface area contributed by atoms with Gasteiger partial charge in [0.25, 0.3) is 5.91 Å². The van der Waals surface area contributed by atoms with Gasteiger partial charge in [-0.05, 0) is 31.9 Å². The lowest BCUT2D eigenvalue weighted by molar-refractivity contribution is 0.0922. The molecule has 7 heteroatoms. The van der Waals surface area contributed by atoms with Crippen LogP contribution in [0.15, 0.2) is 43.0 Å². The van der Waals surface area contributed by atoms with Crippen molar-refractivity contribution >= 4 is 5.91 Å². The van der Waals surface area contributed by atoms with Crippen molar-refractivity contribution in [2.24, 2.45) is 13.0 Å². The number of carbonyl (C=O) groups excluding carboxylic acids is 1. The number of benzene rings is 1. The van der Waals surface area contributed by atoms with Crippen molar-refractivity contribution in [1.82, 2.24) is 29.6 Å². The van der Waals surface area contributed by atoms with Crippen LogP contribution in [0.3, 0.4) is 0 Å². The van der Waals surface area contributed by atoms with Gasteiger partial charge in [-0.15, -0.1) is 0 Å². The highest BCUT2D eigenvalue weighted by molar-refractivity contribution is 5.94. The average Bonchev–Trinajstić information content (AvgIpc) is 3.28. The maximum absolute atomic E-state index is 12.8. The fourth-order valence-electron chi connectivity index (χ4n) is 3.04. The number of rotatable bonds is 6. The van der Waals surface area contributed by atoms with Crippen LogP contribution in [0.2, 0.25) is 0 Å². The van der Waals surface area contributed by atoms with E-state index in [1.54, 1.807) is 12.5 Å². The number of carbonyl (C=O) groups is 1. The average molecular weight is 366 g/mol. The SMILES string of the molecule is CC(C)C(NC(=O)c1ccc(-c2ncnn2C(C)C)cc1)c1nccn1C. The Bertz CT molecular complexity index is 907. The summed E-state index contributed by atoms with van der Waals surface area (Å²) in [7, 11) is 1.93. The molecule has 7 nitrogen and oxygen atoms in total. The van der Waals surface area contributed by atoms with Crippen LogP contribution in [0.5, 0.6) is 0 Å². The molecule has 0 radical (unpaired) electrons. The number of nitrogens with zero attached hydrogens (tertiary/aromatic N) is 5. The van der Waals surface area contributed by atoms with E-state index in [0.717, 1.165) is 17.2 Å². The summed E-state index contributed by atoms with van der Waals surface area (Å²) in [6.07, 6.45) is 5.18. The van der Waals surface area contributed by atoms with Crippen LogP contribution in [-0.2, 0) is 7.05 Å². The van der Waals surface area contributed by atoms with Crippen molar-refractivity contribution in [1.29, 1.82) is 0 Å². The fraction of sp³-hybridized carbons (Fsp3) is 0.400. The van der Waals surface area contributed by atoms with Crippen molar-refractivity contribution in [2.75, 3.05) is 0 Å². The van der Waals surface area contributed by atoms with Crippen molar-refractivity contribution < 1.29 is 4.79 Å². The highest BCUT2D eigenvalue weighted by Gasteiger charge is 2.22. The van der Waals surface area contributed by atoms with Crippen LogP contribution in [0, 0.1) is 5.92 Å². The third-order valence-corrected chi connectivity index (χ3v) is 4.56. The molecule has 3 aromatic rings. The van der Waals surface area contributed by atoms with Crippen molar-refractivity contribution in [3.8, 4) is 11.4 Å². The summed E-state index contributed by atoms with van der Waals surface area (Å²) < 4.78 is 3.80. The van der Waals surface area contributed by atoms with Crippen molar-refractivity contribution in [3.05, 3.63) is 54.4 Å². The van der Waals surface area contributed by atoms with Gasteiger partial charge in [-0.1, -0.05) is 26.0 Å². The Hall–Kier alpha value is -2.96. The van der Waals surface area contributed by atoms with Crippen molar-refractivity contribution in [2.45, 2.75) is 39.8 Å². The molecule has 3 rings (SSSR count).